The lowest BCUT2D eigenvalue weighted by Gasteiger charge is -2.12. The number of rotatable bonds is 4. The molecular formula is C11H16BrNO2S. The highest BCUT2D eigenvalue weighted by atomic mass is 79.9. The van der Waals surface area contributed by atoms with Crippen LogP contribution in [-0.4, -0.2) is 20.7 Å². The molecule has 2 N–H and O–H groups in total. The van der Waals surface area contributed by atoms with Crippen molar-refractivity contribution in [3.63, 3.8) is 0 Å². The molecule has 0 spiro atoms. The molecule has 0 aliphatic carbocycles. The summed E-state index contributed by atoms with van der Waals surface area (Å²) in [5.41, 5.74) is 6.64. The largest absolute Gasteiger partial charge is 0.327 e. The lowest BCUT2D eigenvalue weighted by Crippen LogP contribution is -2.22. The second-order valence-electron chi connectivity index (χ2n) is 3.90. The van der Waals surface area contributed by atoms with E-state index in [1.807, 2.05) is 19.1 Å². The summed E-state index contributed by atoms with van der Waals surface area (Å²) < 4.78 is 24.0. The van der Waals surface area contributed by atoms with Gasteiger partial charge in [0.25, 0.3) is 0 Å². The van der Waals surface area contributed by atoms with E-state index >= 15 is 0 Å². The van der Waals surface area contributed by atoms with Gasteiger partial charge in [0, 0.05) is 16.8 Å². The number of halogens is 1. The molecule has 1 atom stereocenters. The topological polar surface area (TPSA) is 60.2 Å². The van der Waals surface area contributed by atoms with E-state index in [0.29, 0.717) is 11.3 Å². The Morgan fingerprint density at radius 3 is 2.56 bits per heavy atom. The van der Waals surface area contributed by atoms with Gasteiger partial charge in [-0.05, 0) is 30.5 Å². The molecule has 0 radical (unpaired) electrons. The second-order valence-corrected chi connectivity index (χ2v) is 6.80. The fourth-order valence-electron chi connectivity index (χ4n) is 1.47. The third kappa shape index (κ3) is 3.57. The van der Waals surface area contributed by atoms with Crippen molar-refractivity contribution in [3.8, 4) is 0 Å². The van der Waals surface area contributed by atoms with Crippen LogP contribution in [0.3, 0.4) is 0 Å². The van der Waals surface area contributed by atoms with Crippen LogP contribution in [0, 0.1) is 0 Å². The Hall–Kier alpha value is -0.390. The first-order chi connectivity index (χ1) is 7.34. The van der Waals surface area contributed by atoms with Crippen molar-refractivity contribution in [3.05, 3.63) is 28.2 Å². The van der Waals surface area contributed by atoms with Gasteiger partial charge in [-0.15, -0.1) is 0 Å². The van der Waals surface area contributed by atoms with E-state index in [0.717, 1.165) is 16.5 Å². The molecule has 0 bridgehead atoms. The van der Waals surface area contributed by atoms with Gasteiger partial charge in [-0.3, -0.25) is 0 Å². The molecule has 1 unspecified atom stereocenters. The van der Waals surface area contributed by atoms with Gasteiger partial charge in [-0.2, -0.15) is 0 Å². The van der Waals surface area contributed by atoms with Crippen LogP contribution in [-0.2, 0) is 16.3 Å². The number of benzene rings is 1. The zero-order valence-electron chi connectivity index (χ0n) is 9.40. The van der Waals surface area contributed by atoms with Crippen LogP contribution in [0.5, 0.6) is 0 Å². The SMILES string of the molecule is CCC(N)Cc1ccc(Br)cc1S(C)(=O)=O. The quantitative estimate of drug-likeness (QED) is 0.927. The van der Waals surface area contributed by atoms with E-state index < -0.39 is 9.84 Å². The van der Waals surface area contributed by atoms with Gasteiger partial charge in [-0.25, -0.2) is 8.42 Å². The van der Waals surface area contributed by atoms with E-state index in [4.69, 9.17) is 5.73 Å². The molecule has 1 rings (SSSR count). The highest BCUT2D eigenvalue weighted by Crippen LogP contribution is 2.22. The van der Waals surface area contributed by atoms with Crippen molar-refractivity contribution in [2.75, 3.05) is 6.26 Å². The van der Waals surface area contributed by atoms with Crippen molar-refractivity contribution in [2.45, 2.75) is 30.7 Å². The van der Waals surface area contributed by atoms with Crippen LogP contribution in [0.1, 0.15) is 18.9 Å². The molecule has 0 amide bonds. The van der Waals surface area contributed by atoms with Crippen LogP contribution in [0.4, 0.5) is 0 Å². The maximum absolute atomic E-state index is 11.6. The van der Waals surface area contributed by atoms with Gasteiger partial charge < -0.3 is 5.73 Å². The molecule has 0 saturated carbocycles. The monoisotopic (exact) mass is 305 g/mol. The Balaban J connectivity index is 3.19. The van der Waals surface area contributed by atoms with E-state index in [9.17, 15) is 8.42 Å². The summed E-state index contributed by atoms with van der Waals surface area (Å²) in [5.74, 6) is 0. The number of hydrogen-bond acceptors (Lipinski definition) is 3. The molecule has 1 aromatic carbocycles. The summed E-state index contributed by atoms with van der Waals surface area (Å²) in [6, 6.07) is 5.29. The van der Waals surface area contributed by atoms with Gasteiger partial charge in [-0.1, -0.05) is 28.9 Å². The second kappa shape index (κ2) is 5.29. The zero-order chi connectivity index (χ0) is 12.3. The van der Waals surface area contributed by atoms with Crippen LogP contribution < -0.4 is 5.73 Å². The van der Waals surface area contributed by atoms with Crippen molar-refractivity contribution in [2.24, 2.45) is 5.73 Å². The highest BCUT2D eigenvalue weighted by molar-refractivity contribution is 9.10. The summed E-state index contributed by atoms with van der Waals surface area (Å²) in [5, 5.41) is 0. The molecule has 1 aromatic rings. The summed E-state index contributed by atoms with van der Waals surface area (Å²) in [7, 11) is -3.20. The fraction of sp³-hybridized carbons (Fsp3) is 0.455. The van der Waals surface area contributed by atoms with Gasteiger partial charge in [0.1, 0.15) is 0 Å². The maximum Gasteiger partial charge on any atom is 0.175 e. The summed E-state index contributed by atoms with van der Waals surface area (Å²) in [6.45, 7) is 1.99. The number of sulfone groups is 1. The molecule has 0 fully saturated rings. The summed E-state index contributed by atoms with van der Waals surface area (Å²) in [4.78, 5) is 0.366. The van der Waals surface area contributed by atoms with Crippen molar-refractivity contribution in [1.82, 2.24) is 0 Å². The zero-order valence-corrected chi connectivity index (χ0v) is 11.8. The minimum atomic E-state index is -3.20. The van der Waals surface area contributed by atoms with Crippen molar-refractivity contribution >= 4 is 25.8 Å². The van der Waals surface area contributed by atoms with Crippen LogP contribution in [0.25, 0.3) is 0 Å². The minimum absolute atomic E-state index is 0.00155. The third-order valence-electron chi connectivity index (χ3n) is 2.44. The fourth-order valence-corrected chi connectivity index (χ4v) is 2.95. The molecule has 90 valence electrons. The van der Waals surface area contributed by atoms with Gasteiger partial charge in [0.15, 0.2) is 9.84 Å². The summed E-state index contributed by atoms with van der Waals surface area (Å²) >= 11 is 3.28. The van der Waals surface area contributed by atoms with E-state index in [1.54, 1.807) is 6.07 Å². The predicted molar refractivity (Wildman–Crippen MR) is 69.2 cm³/mol. The molecule has 3 nitrogen and oxygen atoms in total. The van der Waals surface area contributed by atoms with Crippen LogP contribution in [0.15, 0.2) is 27.6 Å². The average molecular weight is 306 g/mol. The third-order valence-corrected chi connectivity index (χ3v) is 4.11. The van der Waals surface area contributed by atoms with Crippen LogP contribution in [0.2, 0.25) is 0 Å². The normalized spacial score (nSPS) is 13.8. The Labute approximate surface area is 105 Å². The van der Waals surface area contributed by atoms with Crippen LogP contribution >= 0.6 is 15.9 Å². The molecule has 5 heteroatoms. The standard InChI is InChI=1S/C11H16BrNO2S/c1-3-10(13)6-8-4-5-9(12)7-11(8)16(2,14)15/h4-5,7,10H,3,6,13H2,1-2H3. The lowest BCUT2D eigenvalue weighted by atomic mass is 10.1. The van der Waals surface area contributed by atoms with Gasteiger partial charge in [0.2, 0.25) is 0 Å². The Morgan fingerprint density at radius 2 is 2.06 bits per heavy atom. The predicted octanol–water partition coefficient (Wildman–Crippen LogP) is 2.13. The Kier molecular flexibility index (Phi) is 4.52. The first-order valence-corrected chi connectivity index (χ1v) is 7.77. The maximum atomic E-state index is 11.6. The van der Waals surface area contributed by atoms with E-state index in [2.05, 4.69) is 15.9 Å². The minimum Gasteiger partial charge on any atom is -0.327 e. The summed E-state index contributed by atoms with van der Waals surface area (Å²) in [6.07, 6.45) is 2.64. The lowest BCUT2D eigenvalue weighted by molar-refractivity contribution is 0.597. The van der Waals surface area contributed by atoms with E-state index in [-0.39, 0.29) is 6.04 Å². The van der Waals surface area contributed by atoms with Crippen molar-refractivity contribution < 1.29 is 8.42 Å². The average Bonchev–Trinajstić information content (AvgIpc) is 2.19. The van der Waals surface area contributed by atoms with Gasteiger partial charge in [0.05, 0.1) is 4.90 Å². The first kappa shape index (κ1) is 13.7. The Morgan fingerprint density at radius 1 is 1.44 bits per heavy atom. The van der Waals surface area contributed by atoms with Crippen molar-refractivity contribution in [1.29, 1.82) is 0 Å². The molecule has 0 aliphatic rings. The number of hydrogen-bond donors (Lipinski definition) is 1. The molecule has 0 saturated heterocycles. The smallest absolute Gasteiger partial charge is 0.175 e. The first-order valence-electron chi connectivity index (χ1n) is 5.08. The highest BCUT2D eigenvalue weighted by Gasteiger charge is 2.15. The van der Waals surface area contributed by atoms with E-state index in [1.165, 1.54) is 6.26 Å². The molecule has 0 aliphatic heterocycles. The number of nitrogens with two attached hydrogens (primary N) is 1. The molecular weight excluding hydrogens is 290 g/mol. The molecule has 16 heavy (non-hydrogen) atoms. The molecule has 0 heterocycles. The Bertz CT molecular complexity index is 471. The molecule has 0 aromatic heterocycles. The van der Waals surface area contributed by atoms with Gasteiger partial charge >= 0.3 is 0 Å².